The van der Waals surface area contributed by atoms with Crippen molar-refractivity contribution in [3.05, 3.63) is 28.5 Å². The molecule has 1 aromatic carbocycles. The van der Waals surface area contributed by atoms with Gasteiger partial charge in [0.2, 0.25) is 0 Å². The average Bonchev–Trinajstić information content (AvgIpc) is 3.33. The van der Waals surface area contributed by atoms with Crippen LogP contribution < -0.4 is 21.1 Å². The quantitative estimate of drug-likeness (QED) is 0.199. The second-order valence-electron chi connectivity index (χ2n) is 5.74. The minimum Gasteiger partial charge on any atom is -0.382 e. The first-order chi connectivity index (χ1) is 12.3. The number of nitrogens with two attached hydrogens (primary N) is 2. The van der Waals surface area contributed by atoms with E-state index in [2.05, 4.69) is 30.6 Å². The molecule has 0 heterocycles. The van der Waals surface area contributed by atoms with E-state index < -0.39 is 17.0 Å². The molecule has 0 spiro atoms. The fraction of sp³-hybridized carbons (Fsp3) is 0.357. The van der Waals surface area contributed by atoms with Crippen LogP contribution in [0, 0.1) is 11.2 Å². The van der Waals surface area contributed by atoms with Crippen LogP contribution in [-0.2, 0) is 11.2 Å². The summed E-state index contributed by atoms with van der Waals surface area (Å²) in [4.78, 5) is 8.10. The summed E-state index contributed by atoms with van der Waals surface area (Å²) < 4.78 is 27.3. The molecular formula is C14H19BrFN7O2S. The van der Waals surface area contributed by atoms with Crippen molar-refractivity contribution in [2.45, 2.75) is 24.8 Å². The largest absolute Gasteiger partial charge is 0.382 e. The third kappa shape index (κ3) is 5.64. The Hall–Kier alpha value is -1.73. The van der Waals surface area contributed by atoms with Crippen molar-refractivity contribution in [2.24, 2.45) is 20.9 Å². The zero-order valence-corrected chi connectivity index (χ0v) is 16.0. The van der Waals surface area contributed by atoms with Gasteiger partial charge in [0.15, 0.2) is 17.0 Å². The maximum Gasteiger partial charge on any atom is 0.179 e. The van der Waals surface area contributed by atoms with Gasteiger partial charge < -0.3 is 5.73 Å². The Morgan fingerprint density at radius 1 is 1.50 bits per heavy atom. The average molecular weight is 448 g/mol. The molecule has 9 nitrogen and oxygen atoms in total. The molecule has 1 aromatic rings. The molecule has 1 unspecified atom stereocenters. The first-order valence-corrected chi connectivity index (χ1v) is 9.54. The maximum atomic E-state index is 13.3. The Morgan fingerprint density at radius 2 is 2.19 bits per heavy atom. The number of hydroxylamine groups is 1. The molecule has 0 aromatic heterocycles. The maximum absolute atomic E-state index is 13.3. The molecular weight excluding hydrogens is 429 g/mol. The molecule has 0 saturated heterocycles. The molecule has 1 aliphatic rings. The number of rotatable bonds is 8. The first kappa shape index (κ1) is 20.6. The van der Waals surface area contributed by atoms with Crippen molar-refractivity contribution in [3.8, 4) is 0 Å². The van der Waals surface area contributed by atoms with Crippen LogP contribution in [0.1, 0.15) is 19.3 Å². The van der Waals surface area contributed by atoms with Crippen molar-refractivity contribution in [1.82, 2.24) is 10.2 Å². The van der Waals surface area contributed by atoms with Gasteiger partial charge in [0.25, 0.3) is 0 Å². The van der Waals surface area contributed by atoms with E-state index in [1.54, 1.807) is 5.48 Å². The molecule has 0 radical (unpaired) electrons. The Balaban J connectivity index is 2.03. The van der Waals surface area contributed by atoms with Crippen molar-refractivity contribution in [2.75, 3.05) is 6.54 Å². The van der Waals surface area contributed by atoms with Gasteiger partial charge in [-0.3, -0.25) is 21.1 Å². The normalized spacial score (nSPS) is 17.7. The molecule has 12 heteroatoms. The molecule has 8 N–H and O–H groups in total. The highest BCUT2D eigenvalue weighted by Crippen LogP contribution is 2.38. The lowest BCUT2D eigenvalue weighted by Gasteiger charge is -2.13. The minimum absolute atomic E-state index is 0.129. The second-order valence-corrected chi connectivity index (χ2v) is 7.40. The number of benzene rings is 1. The van der Waals surface area contributed by atoms with E-state index in [9.17, 15) is 13.8 Å². The van der Waals surface area contributed by atoms with Crippen LogP contribution in [0.5, 0.6) is 0 Å². The molecule has 1 atom stereocenters. The lowest BCUT2D eigenvalue weighted by molar-refractivity contribution is 0.237. The lowest BCUT2D eigenvalue weighted by atomic mass is 10.2. The van der Waals surface area contributed by atoms with Crippen LogP contribution >= 0.6 is 15.9 Å². The molecule has 0 bridgehead atoms. The predicted octanol–water partition coefficient (Wildman–Crippen LogP) is 1.02. The van der Waals surface area contributed by atoms with E-state index in [4.69, 9.17) is 16.3 Å². The minimum atomic E-state index is -1.60. The van der Waals surface area contributed by atoms with Crippen LogP contribution in [-0.4, -0.2) is 38.9 Å². The summed E-state index contributed by atoms with van der Waals surface area (Å²) in [5.74, 6) is -0.817. The Bertz CT molecular complexity index is 783. The number of aliphatic imine (C=N–C) groups is 2. The summed E-state index contributed by atoms with van der Waals surface area (Å²) in [6, 6.07) is 3.97. The molecule has 26 heavy (non-hydrogen) atoms. The van der Waals surface area contributed by atoms with Crippen LogP contribution in [0.2, 0.25) is 0 Å². The van der Waals surface area contributed by atoms with Crippen LogP contribution in [0.25, 0.3) is 0 Å². The SMILES string of the molecule is N=C(C(N)=NCCC1(NS(N)=O)CC1)C(=Nc1ccc(F)c(Br)c1)NO. The van der Waals surface area contributed by atoms with Gasteiger partial charge in [-0.05, 0) is 53.4 Å². The number of amidine groups is 2. The molecule has 1 fully saturated rings. The van der Waals surface area contributed by atoms with Crippen LogP contribution in [0.4, 0.5) is 10.1 Å². The molecule has 0 amide bonds. The highest BCUT2D eigenvalue weighted by Gasteiger charge is 2.42. The summed E-state index contributed by atoms with van der Waals surface area (Å²) in [7, 11) is 0. The van der Waals surface area contributed by atoms with Crippen molar-refractivity contribution >= 4 is 50.2 Å². The molecule has 142 valence electrons. The lowest BCUT2D eigenvalue weighted by Crippen LogP contribution is -2.39. The predicted molar refractivity (Wildman–Crippen MR) is 102 cm³/mol. The van der Waals surface area contributed by atoms with Gasteiger partial charge >= 0.3 is 0 Å². The third-order valence-corrected chi connectivity index (χ3v) is 5.03. The van der Waals surface area contributed by atoms with Gasteiger partial charge in [0, 0.05) is 12.1 Å². The van der Waals surface area contributed by atoms with E-state index >= 15 is 0 Å². The van der Waals surface area contributed by atoms with E-state index in [-0.39, 0.29) is 27.4 Å². The summed E-state index contributed by atoms with van der Waals surface area (Å²) in [5.41, 5.74) is 7.27. The van der Waals surface area contributed by atoms with Gasteiger partial charge in [-0.15, -0.1) is 0 Å². The van der Waals surface area contributed by atoms with Gasteiger partial charge in [-0.2, -0.15) is 0 Å². The number of halogens is 2. The molecule has 2 rings (SSSR count). The van der Waals surface area contributed by atoms with E-state index in [1.165, 1.54) is 18.2 Å². The van der Waals surface area contributed by atoms with Crippen LogP contribution in [0.15, 0.2) is 32.7 Å². The van der Waals surface area contributed by atoms with E-state index in [0.717, 1.165) is 12.8 Å². The monoisotopic (exact) mass is 447 g/mol. The highest BCUT2D eigenvalue weighted by atomic mass is 79.9. The molecule has 0 aliphatic heterocycles. The highest BCUT2D eigenvalue weighted by molar-refractivity contribution is 9.10. The third-order valence-electron chi connectivity index (χ3n) is 3.79. The smallest absolute Gasteiger partial charge is 0.179 e. The Morgan fingerprint density at radius 3 is 2.73 bits per heavy atom. The van der Waals surface area contributed by atoms with Gasteiger partial charge in [0.1, 0.15) is 17.4 Å². The first-order valence-electron chi connectivity index (χ1n) is 7.53. The standard InChI is InChI=1S/C14H19BrFN7O2S/c15-9-7-8(1-2-10(9)16)21-13(22-24)11(17)12(18)20-6-5-14(3-4-14)23-26(19)25/h1-2,7,17,23-24H,3-6,19H2,(H2,18,20)(H,21,22). The summed E-state index contributed by atoms with van der Waals surface area (Å²) in [6.07, 6.45) is 2.24. The molecule has 1 saturated carbocycles. The second kappa shape index (κ2) is 8.77. The van der Waals surface area contributed by atoms with Gasteiger partial charge in [-0.25, -0.2) is 23.5 Å². The fourth-order valence-electron chi connectivity index (χ4n) is 2.18. The summed E-state index contributed by atoms with van der Waals surface area (Å²) in [5, 5.41) is 22.4. The zero-order chi connectivity index (χ0) is 19.3. The van der Waals surface area contributed by atoms with E-state index in [1.807, 2.05) is 0 Å². The number of nitrogens with zero attached hydrogens (tertiary/aromatic N) is 2. The van der Waals surface area contributed by atoms with Crippen LogP contribution in [0.3, 0.4) is 0 Å². The fourth-order valence-corrected chi connectivity index (χ4v) is 3.28. The van der Waals surface area contributed by atoms with Crippen molar-refractivity contribution in [3.63, 3.8) is 0 Å². The summed E-state index contributed by atoms with van der Waals surface area (Å²) in [6.45, 7) is 0.291. The van der Waals surface area contributed by atoms with Gasteiger partial charge in [-0.1, -0.05) is 0 Å². The Labute approximate surface area is 160 Å². The van der Waals surface area contributed by atoms with Gasteiger partial charge in [0.05, 0.1) is 10.2 Å². The van der Waals surface area contributed by atoms with E-state index in [0.29, 0.717) is 18.7 Å². The summed E-state index contributed by atoms with van der Waals surface area (Å²) >= 11 is 1.44. The number of hydrogen-bond acceptors (Lipinski definition) is 5. The zero-order valence-electron chi connectivity index (χ0n) is 13.6. The van der Waals surface area contributed by atoms with Crippen molar-refractivity contribution in [1.29, 1.82) is 5.41 Å². The number of nitrogens with one attached hydrogen (secondary N) is 3. The topological polar surface area (TPSA) is 162 Å². The molecule has 1 aliphatic carbocycles. The number of hydrogen-bond donors (Lipinski definition) is 6. The van der Waals surface area contributed by atoms with Crippen molar-refractivity contribution < 1.29 is 13.8 Å². The Kier molecular flexibility index (Phi) is 6.94.